The zero-order valence-corrected chi connectivity index (χ0v) is 14.9. The van der Waals surface area contributed by atoms with Crippen molar-refractivity contribution in [1.29, 1.82) is 0 Å². The summed E-state index contributed by atoms with van der Waals surface area (Å²) in [5.74, 6) is 0. The summed E-state index contributed by atoms with van der Waals surface area (Å²) in [5.41, 5.74) is 5.84. The second kappa shape index (κ2) is 7.40. The molecule has 2 aromatic heterocycles. The molecule has 0 aliphatic carbocycles. The average Bonchev–Trinajstić information content (AvgIpc) is 3.20. The third kappa shape index (κ3) is 3.59. The van der Waals surface area contributed by atoms with Crippen molar-refractivity contribution in [1.82, 2.24) is 14.5 Å². The van der Waals surface area contributed by atoms with Crippen LogP contribution in [-0.4, -0.2) is 14.5 Å². The van der Waals surface area contributed by atoms with E-state index in [1.807, 2.05) is 24.8 Å². The Bertz CT molecular complexity index is 989. The summed E-state index contributed by atoms with van der Waals surface area (Å²) in [4.78, 5) is 8.79. The number of hydrogen-bond acceptors (Lipinski definition) is 3. The molecule has 0 spiro atoms. The average molecular weight is 342 g/mol. The van der Waals surface area contributed by atoms with Crippen LogP contribution in [0.4, 0.5) is 5.69 Å². The highest BCUT2D eigenvalue weighted by Gasteiger charge is 2.05. The number of rotatable bonds is 6. The number of para-hydroxylation sites is 1. The van der Waals surface area contributed by atoms with Crippen LogP contribution in [0.25, 0.3) is 10.9 Å². The number of aryl methyl sites for hydroxylation is 1. The molecule has 130 valence electrons. The first-order chi connectivity index (χ1) is 12.8. The van der Waals surface area contributed by atoms with Gasteiger partial charge in [-0.15, -0.1) is 0 Å². The molecule has 4 rings (SSSR count). The predicted octanol–water partition coefficient (Wildman–Crippen LogP) is 4.65. The minimum Gasteiger partial charge on any atom is -0.380 e. The summed E-state index contributed by atoms with van der Waals surface area (Å²) in [6, 6.07) is 19.2. The van der Waals surface area contributed by atoms with Crippen LogP contribution in [0.15, 0.2) is 73.3 Å². The Balaban J connectivity index is 1.49. The summed E-state index contributed by atoms with van der Waals surface area (Å²) in [6.45, 7) is 3.78. The van der Waals surface area contributed by atoms with Gasteiger partial charge in [0.15, 0.2) is 0 Å². The zero-order chi connectivity index (χ0) is 17.8. The number of imidazole rings is 1. The van der Waals surface area contributed by atoms with Gasteiger partial charge >= 0.3 is 0 Å². The van der Waals surface area contributed by atoms with Crippen molar-refractivity contribution in [3.8, 4) is 0 Å². The van der Waals surface area contributed by atoms with E-state index in [-0.39, 0.29) is 0 Å². The van der Waals surface area contributed by atoms with Crippen molar-refractivity contribution in [3.63, 3.8) is 0 Å². The van der Waals surface area contributed by atoms with Crippen molar-refractivity contribution >= 4 is 16.6 Å². The van der Waals surface area contributed by atoms with Crippen LogP contribution in [0, 0.1) is 0 Å². The van der Waals surface area contributed by atoms with Gasteiger partial charge in [0.1, 0.15) is 0 Å². The standard InChI is InChI=1S/C22H22N4/c1-2-19-13-22(20-5-3-4-6-21(20)25-19)24-14-17-7-9-18(10-8-17)15-26-12-11-23-16-26/h3-13,16H,2,14-15H2,1H3,(H,24,25). The molecule has 0 bridgehead atoms. The molecule has 0 radical (unpaired) electrons. The number of benzene rings is 2. The second-order valence-electron chi connectivity index (χ2n) is 6.44. The van der Waals surface area contributed by atoms with Gasteiger partial charge in [-0.05, 0) is 29.7 Å². The molecule has 26 heavy (non-hydrogen) atoms. The molecular formula is C22H22N4. The molecule has 0 saturated heterocycles. The first kappa shape index (κ1) is 16.3. The molecule has 4 aromatic rings. The molecule has 4 nitrogen and oxygen atoms in total. The third-order valence-corrected chi connectivity index (χ3v) is 4.56. The van der Waals surface area contributed by atoms with Crippen molar-refractivity contribution in [2.75, 3.05) is 5.32 Å². The van der Waals surface area contributed by atoms with Crippen LogP contribution in [0.3, 0.4) is 0 Å². The van der Waals surface area contributed by atoms with Gasteiger partial charge in [0.05, 0.1) is 11.8 Å². The smallest absolute Gasteiger partial charge is 0.0949 e. The Kier molecular flexibility index (Phi) is 4.65. The quantitative estimate of drug-likeness (QED) is 0.554. The summed E-state index contributed by atoms with van der Waals surface area (Å²) in [7, 11) is 0. The van der Waals surface area contributed by atoms with E-state index in [1.54, 1.807) is 0 Å². The second-order valence-corrected chi connectivity index (χ2v) is 6.44. The fourth-order valence-electron chi connectivity index (χ4n) is 3.11. The maximum absolute atomic E-state index is 4.71. The normalized spacial score (nSPS) is 11.0. The van der Waals surface area contributed by atoms with E-state index < -0.39 is 0 Å². The van der Waals surface area contributed by atoms with Crippen LogP contribution in [0.5, 0.6) is 0 Å². The first-order valence-corrected chi connectivity index (χ1v) is 8.98. The number of anilines is 1. The van der Waals surface area contributed by atoms with E-state index in [0.717, 1.165) is 36.4 Å². The SMILES string of the molecule is CCc1cc(NCc2ccc(Cn3ccnc3)cc2)c2ccccc2n1. The minimum atomic E-state index is 0.794. The van der Waals surface area contributed by atoms with E-state index >= 15 is 0 Å². The molecule has 0 aliphatic heterocycles. The van der Waals surface area contributed by atoms with Crippen LogP contribution in [0.2, 0.25) is 0 Å². The predicted molar refractivity (Wildman–Crippen MR) is 106 cm³/mol. The topological polar surface area (TPSA) is 42.7 Å². The Morgan fingerprint density at radius 1 is 1.00 bits per heavy atom. The van der Waals surface area contributed by atoms with E-state index in [0.29, 0.717) is 0 Å². The van der Waals surface area contributed by atoms with Crippen molar-refractivity contribution in [2.45, 2.75) is 26.4 Å². The van der Waals surface area contributed by atoms with Crippen molar-refractivity contribution < 1.29 is 0 Å². The largest absolute Gasteiger partial charge is 0.380 e. The van der Waals surface area contributed by atoms with Gasteiger partial charge in [0.25, 0.3) is 0 Å². The molecule has 0 amide bonds. The van der Waals surface area contributed by atoms with Gasteiger partial charge in [-0.3, -0.25) is 4.98 Å². The Hall–Kier alpha value is -3.14. The lowest BCUT2D eigenvalue weighted by Crippen LogP contribution is -2.03. The molecule has 2 aromatic carbocycles. The highest BCUT2D eigenvalue weighted by molar-refractivity contribution is 5.91. The van der Waals surface area contributed by atoms with Gasteiger partial charge in [-0.1, -0.05) is 49.4 Å². The Morgan fingerprint density at radius 3 is 2.58 bits per heavy atom. The number of hydrogen-bond donors (Lipinski definition) is 1. The number of fused-ring (bicyclic) bond motifs is 1. The van der Waals surface area contributed by atoms with E-state index in [4.69, 9.17) is 4.98 Å². The van der Waals surface area contributed by atoms with Gasteiger partial charge in [0.2, 0.25) is 0 Å². The van der Waals surface area contributed by atoms with Crippen molar-refractivity contribution in [3.05, 3.63) is 90.1 Å². The van der Waals surface area contributed by atoms with E-state index in [9.17, 15) is 0 Å². The molecular weight excluding hydrogens is 320 g/mol. The maximum atomic E-state index is 4.71. The summed E-state index contributed by atoms with van der Waals surface area (Å²) in [6.07, 6.45) is 6.56. The summed E-state index contributed by atoms with van der Waals surface area (Å²) < 4.78 is 2.07. The van der Waals surface area contributed by atoms with Gasteiger partial charge < -0.3 is 9.88 Å². The van der Waals surface area contributed by atoms with Crippen LogP contribution < -0.4 is 5.32 Å². The number of aromatic nitrogens is 3. The highest BCUT2D eigenvalue weighted by Crippen LogP contribution is 2.24. The monoisotopic (exact) mass is 342 g/mol. The van der Waals surface area contributed by atoms with E-state index in [2.05, 4.69) is 70.3 Å². The number of nitrogens with one attached hydrogen (secondary N) is 1. The minimum absolute atomic E-state index is 0.794. The molecule has 2 heterocycles. The summed E-state index contributed by atoms with van der Waals surface area (Å²) in [5, 5.41) is 4.76. The van der Waals surface area contributed by atoms with E-state index in [1.165, 1.54) is 16.5 Å². The van der Waals surface area contributed by atoms with Crippen LogP contribution in [-0.2, 0) is 19.5 Å². The van der Waals surface area contributed by atoms with Gasteiger partial charge in [0, 0.05) is 42.3 Å². The molecule has 4 heteroatoms. The summed E-state index contributed by atoms with van der Waals surface area (Å²) >= 11 is 0. The molecule has 0 unspecified atom stereocenters. The molecule has 1 N–H and O–H groups in total. The van der Waals surface area contributed by atoms with Gasteiger partial charge in [-0.25, -0.2) is 4.98 Å². The molecule has 0 fully saturated rings. The van der Waals surface area contributed by atoms with Crippen LogP contribution in [0.1, 0.15) is 23.7 Å². The lowest BCUT2D eigenvalue weighted by molar-refractivity contribution is 0.797. The number of nitrogens with zero attached hydrogens (tertiary/aromatic N) is 3. The number of pyridine rings is 1. The lowest BCUT2D eigenvalue weighted by atomic mass is 10.1. The van der Waals surface area contributed by atoms with Crippen molar-refractivity contribution in [2.24, 2.45) is 0 Å². The zero-order valence-electron chi connectivity index (χ0n) is 14.9. The molecule has 0 atom stereocenters. The highest BCUT2D eigenvalue weighted by atomic mass is 15.0. The fraction of sp³-hybridized carbons (Fsp3) is 0.182. The third-order valence-electron chi connectivity index (χ3n) is 4.56. The molecule has 0 aliphatic rings. The Morgan fingerprint density at radius 2 is 1.81 bits per heavy atom. The first-order valence-electron chi connectivity index (χ1n) is 8.98. The fourth-order valence-corrected chi connectivity index (χ4v) is 3.11. The van der Waals surface area contributed by atoms with Crippen LogP contribution >= 0.6 is 0 Å². The molecule has 0 saturated carbocycles. The lowest BCUT2D eigenvalue weighted by Gasteiger charge is -2.12. The van der Waals surface area contributed by atoms with Gasteiger partial charge in [-0.2, -0.15) is 0 Å². The maximum Gasteiger partial charge on any atom is 0.0949 e. The Labute approximate surface area is 153 Å².